The van der Waals surface area contributed by atoms with Crippen LogP contribution in [-0.2, 0) is 4.79 Å². The van der Waals surface area contributed by atoms with E-state index in [0.29, 0.717) is 11.4 Å². The molecule has 3 aromatic rings. The average molecular weight is 340 g/mol. The number of amides is 1. The first-order valence-electron chi connectivity index (χ1n) is 8.01. The fraction of sp³-hybridized carbons (Fsp3) is 0.0952. The largest absolute Gasteiger partial charge is 0.315 e. The van der Waals surface area contributed by atoms with Crippen molar-refractivity contribution in [1.29, 1.82) is 5.26 Å². The van der Waals surface area contributed by atoms with Crippen LogP contribution >= 0.6 is 0 Å². The number of nitriles is 1. The Kier molecular flexibility index (Phi) is 4.83. The number of carbonyl (C=O) groups excluding carboxylic acids is 1. The minimum Gasteiger partial charge on any atom is -0.315 e. The summed E-state index contributed by atoms with van der Waals surface area (Å²) in [5.41, 5.74) is 3.90. The second-order valence-corrected chi connectivity index (χ2v) is 5.70. The topological polar surface area (TPSA) is 69.0 Å². The lowest BCUT2D eigenvalue weighted by atomic mass is 10.1. The Hall–Kier alpha value is -3.83. The van der Waals surface area contributed by atoms with Gasteiger partial charge in [0, 0.05) is 11.1 Å². The van der Waals surface area contributed by atoms with E-state index >= 15 is 0 Å². The van der Waals surface area contributed by atoms with Crippen molar-refractivity contribution in [1.82, 2.24) is 4.98 Å². The third-order valence-corrected chi connectivity index (χ3v) is 3.78. The number of pyridine rings is 1. The number of anilines is 3. The van der Waals surface area contributed by atoms with Crippen LogP contribution in [0.5, 0.6) is 0 Å². The molecule has 0 aliphatic rings. The molecule has 0 unspecified atom stereocenters. The van der Waals surface area contributed by atoms with E-state index in [1.54, 1.807) is 19.2 Å². The predicted molar refractivity (Wildman–Crippen MR) is 103 cm³/mol. The molecule has 126 valence electrons. The van der Waals surface area contributed by atoms with Gasteiger partial charge in [0.15, 0.2) is 6.19 Å². The molecule has 0 saturated carbocycles. The quantitative estimate of drug-likeness (QED) is 0.442. The number of carbonyl (C=O) groups is 1. The monoisotopic (exact) mass is 340 g/mol. The van der Waals surface area contributed by atoms with Gasteiger partial charge in [-0.15, -0.1) is 0 Å². The summed E-state index contributed by atoms with van der Waals surface area (Å²) in [5.74, 6) is 4.64. The number of fused-ring (bicyclic) bond motifs is 1. The smallest absolute Gasteiger partial charge is 0.300 e. The van der Waals surface area contributed by atoms with Crippen LogP contribution in [0.2, 0.25) is 0 Å². The Morgan fingerprint density at radius 2 is 2.00 bits per heavy atom. The fourth-order valence-electron chi connectivity index (χ4n) is 2.63. The lowest BCUT2D eigenvalue weighted by Gasteiger charge is -2.16. The highest BCUT2D eigenvalue weighted by Crippen LogP contribution is 2.28. The van der Waals surface area contributed by atoms with Crippen molar-refractivity contribution in [2.45, 2.75) is 13.8 Å². The van der Waals surface area contributed by atoms with Crippen LogP contribution in [0.15, 0.2) is 54.7 Å². The van der Waals surface area contributed by atoms with Gasteiger partial charge < -0.3 is 5.32 Å². The van der Waals surface area contributed by atoms with Crippen LogP contribution in [0.3, 0.4) is 0 Å². The molecule has 0 fully saturated rings. The summed E-state index contributed by atoms with van der Waals surface area (Å²) < 4.78 is 0. The molecule has 0 saturated heterocycles. The Labute approximate surface area is 151 Å². The predicted octanol–water partition coefficient (Wildman–Crippen LogP) is 4.12. The molecule has 0 bridgehead atoms. The summed E-state index contributed by atoms with van der Waals surface area (Å²) in [6.07, 6.45) is 3.86. The summed E-state index contributed by atoms with van der Waals surface area (Å²) in [6.45, 7) is 3.59. The van der Waals surface area contributed by atoms with E-state index in [1.165, 1.54) is 4.90 Å². The SMILES string of the molecule is CC#CC(=O)Nc1ccc2ncc(N(C#N)c3cccc(C)c3)cc2c1. The number of rotatable bonds is 3. The van der Waals surface area contributed by atoms with Crippen molar-refractivity contribution in [2.75, 3.05) is 10.2 Å². The summed E-state index contributed by atoms with van der Waals surface area (Å²) in [4.78, 5) is 17.6. The molecular weight excluding hydrogens is 324 g/mol. The van der Waals surface area contributed by atoms with Gasteiger partial charge in [-0.05, 0) is 61.7 Å². The van der Waals surface area contributed by atoms with Gasteiger partial charge in [-0.3, -0.25) is 9.78 Å². The summed E-state index contributed by atoms with van der Waals surface area (Å²) >= 11 is 0. The maximum absolute atomic E-state index is 11.6. The number of hydrogen-bond donors (Lipinski definition) is 1. The first-order chi connectivity index (χ1) is 12.6. The van der Waals surface area contributed by atoms with Crippen LogP contribution in [-0.4, -0.2) is 10.9 Å². The van der Waals surface area contributed by atoms with Crippen LogP contribution in [0.1, 0.15) is 12.5 Å². The third-order valence-electron chi connectivity index (χ3n) is 3.78. The maximum Gasteiger partial charge on any atom is 0.300 e. The van der Waals surface area contributed by atoms with Crippen LogP contribution < -0.4 is 10.2 Å². The normalized spacial score (nSPS) is 9.73. The van der Waals surface area contributed by atoms with Crippen molar-refractivity contribution >= 4 is 33.9 Å². The Morgan fingerprint density at radius 1 is 1.15 bits per heavy atom. The standard InChI is InChI=1S/C21H16N4O/c1-3-5-21(26)24-17-8-9-20-16(11-17)12-19(13-23-20)25(14-22)18-7-4-6-15(2)10-18/h4,6-13H,1-2H3,(H,24,26). The number of hydrogen-bond acceptors (Lipinski definition) is 4. The van der Waals surface area contributed by atoms with E-state index in [1.807, 2.05) is 49.4 Å². The van der Waals surface area contributed by atoms with Crippen LogP contribution in [0.25, 0.3) is 10.9 Å². The van der Waals surface area contributed by atoms with E-state index in [4.69, 9.17) is 0 Å². The first-order valence-corrected chi connectivity index (χ1v) is 8.01. The number of aromatic nitrogens is 1. The molecule has 0 aliphatic carbocycles. The average Bonchev–Trinajstić information content (AvgIpc) is 2.62. The highest BCUT2D eigenvalue weighted by atomic mass is 16.1. The van der Waals surface area contributed by atoms with E-state index in [0.717, 1.165) is 22.2 Å². The molecule has 1 N–H and O–H groups in total. The molecule has 5 heteroatoms. The van der Waals surface area contributed by atoms with E-state index in [9.17, 15) is 10.1 Å². The number of aryl methyl sites for hydroxylation is 1. The van der Waals surface area contributed by atoms with E-state index in [2.05, 4.69) is 28.3 Å². The molecule has 0 radical (unpaired) electrons. The molecule has 0 spiro atoms. The van der Waals surface area contributed by atoms with Gasteiger partial charge in [-0.1, -0.05) is 18.1 Å². The van der Waals surface area contributed by atoms with Gasteiger partial charge in [-0.2, -0.15) is 5.26 Å². The lowest BCUT2D eigenvalue weighted by Crippen LogP contribution is -2.10. The molecule has 26 heavy (non-hydrogen) atoms. The van der Waals surface area contributed by atoms with E-state index < -0.39 is 0 Å². The molecule has 0 aliphatic heterocycles. The highest BCUT2D eigenvalue weighted by Gasteiger charge is 2.10. The molecule has 2 aromatic carbocycles. The van der Waals surface area contributed by atoms with Crippen molar-refractivity contribution < 1.29 is 4.79 Å². The van der Waals surface area contributed by atoms with Gasteiger partial charge in [0.1, 0.15) is 0 Å². The second-order valence-electron chi connectivity index (χ2n) is 5.70. The lowest BCUT2D eigenvalue weighted by molar-refractivity contribution is -0.111. The van der Waals surface area contributed by atoms with Crippen molar-refractivity contribution in [3.8, 4) is 18.0 Å². The number of benzene rings is 2. The van der Waals surface area contributed by atoms with Crippen molar-refractivity contribution in [3.05, 3.63) is 60.3 Å². The van der Waals surface area contributed by atoms with Crippen LogP contribution in [0, 0.1) is 30.2 Å². The molecule has 1 aromatic heterocycles. The molecule has 5 nitrogen and oxygen atoms in total. The Morgan fingerprint density at radius 3 is 2.73 bits per heavy atom. The number of nitrogens with one attached hydrogen (secondary N) is 1. The first kappa shape index (κ1) is 17.0. The van der Waals surface area contributed by atoms with E-state index in [-0.39, 0.29) is 5.91 Å². The highest BCUT2D eigenvalue weighted by molar-refractivity contribution is 6.04. The van der Waals surface area contributed by atoms with Gasteiger partial charge in [-0.25, -0.2) is 4.90 Å². The van der Waals surface area contributed by atoms with Gasteiger partial charge in [0.25, 0.3) is 5.91 Å². The summed E-state index contributed by atoms with van der Waals surface area (Å²) in [5, 5.41) is 13.1. The number of nitrogens with zero attached hydrogens (tertiary/aromatic N) is 3. The molecule has 1 heterocycles. The Bertz CT molecular complexity index is 1090. The minimum absolute atomic E-state index is 0.366. The zero-order valence-electron chi connectivity index (χ0n) is 14.4. The summed E-state index contributed by atoms with van der Waals surface area (Å²) in [6, 6.07) is 15.0. The van der Waals surface area contributed by atoms with Gasteiger partial charge in [0.05, 0.1) is 23.1 Å². The zero-order valence-corrected chi connectivity index (χ0v) is 14.4. The fourth-order valence-corrected chi connectivity index (χ4v) is 2.63. The van der Waals surface area contributed by atoms with Crippen molar-refractivity contribution in [3.63, 3.8) is 0 Å². The maximum atomic E-state index is 11.6. The molecule has 0 atom stereocenters. The van der Waals surface area contributed by atoms with Gasteiger partial charge in [0.2, 0.25) is 0 Å². The molecule has 3 rings (SSSR count). The van der Waals surface area contributed by atoms with Crippen molar-refractivity contribution in [2.24, 2.45) is 0 Å². The zero-order chi connectivity index (χ0) is 18.5. The Balaban J connectivity index is 2.00. The van der Waals surface area contributed by atoms with Crippen LogP contribution in [0.4, 0.5) is 17.1 Å². The third kappa shape index (κ3) is 3.63. The second kappa shape index (κ2) is 7.38. The molecule has 1 amide bonds. The minimum atomic E-state index is -0.366. The molecular formula is C21H16N4O. The summed E-state index contributed by atoms with van der Waals surface area (Å²) in [7, 11) is 0. The van der Waals surface area contributed by atoms with Gasteiger partial charge >= 0.3 is 0 Å².